The Bertz CT molecular complexity index is 630. The number of halogens is 2. The van der Waals surface area contributed by atoms with E-state index >= 15 is 0 Å². The van der Waals surface area contributed by atoms with E-state index in [1.54, 1.807) is 0 Å². The van der Waals surface area contributed by atoms with Crippen molar-refractivity contribution in [1.82, 2.24) is 10.1 Å². The lowest BCUT2D eigenvalue weighted by atomic mass is 10.1. The highest BCUT2D eigenvalue weighted by atomic mass is 19.1. The highest BCUT2D eigenvalue weighted by Crippen LogP contribution is 2.30. The summed E-state index contributed by atoms with van der Waals surface area (Å²) in [7, 11) is 0. The topological polar surface area (TPSA) is 56.0 Å². The Morgan fingerprint density at radius 1 is 1.25 bits per heavy atom. The van der Waals surface area contributed by atoms with Crippen molar-refractivity contribution in [1.29, 1.82) is 0 Å². The molecule has 1 saturated carbocycles. The van der Waals surface area contributed by atoms with E-state index in [9.17, 15) is 13.6 Å². The van der Waals surface area contributed by atoms with Crippen molar-refractivity contribution in [2.45, 2.75) is 25.7 Å². The van der Waals surface area contributed by atoms with E-state index in [4.69, 9.17) is 4.52 Å². The van der Waals surface area contributed by atoms with Crippen LogP contribution in [-0.2, 0) is 17.6 Å². The van der Waals surface area contributed by atoms with Crippen molar-refractivity contribution >= 4 is 5.78 Å². The van der Waals surface area contributed by atoms with Crippen LogP contribution >= 0.6 is 0 Å². The van der Waals surface area contributed by atoms with E-state index in [-0.39, 0.29) is 30.4 Å². The van der Waals surface area contributed by atoms with Gasteiger partial charge in [-0.3, -0.25) is 4.79 Å². The van der Waals surface area contributed by atoms with Crippen molar-refractivity contribution < 1.29 is 18.1 Å². The van der Waals surface area contributed by atoms with E-state index in [0.717, 1.165) is 18.9 Å². The van der Waals surface area contributed by atoms with Crippen LogP contribution in [0.25, 0.3) is 0 Å². The molecule has 1 aromatic heterocycles. The molecule has 1 aromatic carbocycles. The summed E-state index contributed by atoms with van der Waals surface area (Å²) in [6.45, 7) is 0. The minimum absolute atomic E-state index is 0.108. The first kappa shape index (κ1) is 12.9. The fourth-order valence-corrected chi connectivity index (χ4v) is 2.03. The summed E-state index contributed by atoms with van der Waals surface area (Å²) >= 11 is 0. The van der Waals surface area contributed by atoms with Gasteiger partial charge in [-0.25, -0.2) is 8.78 Å². The first-order chi connectivity index (χ1) is 9.60. The number of aromatic nitrogens is 2. The van der Waals surface area contributed by atoms with E-state index in [2.05, 4.69) is 10.1 Å². The van der Waals surface area contributed by atoms with Gasteiger partial charge < -0.3 is 4.52 Å². The largest absolute Gasteiger partial charge is 0.339 e. The first-order valence-corrected chi connectivity index (χ1v) is 6.39. The van der Waals surface area contributed by atoms with Crippen LogP contribution in [0.5, 0.6) is 0 Å². The minimum Gasteiger partial charge on any atom is -0.339 e. The van der Waals surface area contributed by atoms with E-state index in [1.807, 2.05) is 0 Å². The Morgan fingerprint density at radius 3 is 2.60 bits per heavy atom. The minimum atomic E-state index is -0.646. The van der Waals surface area contributed by atoms with Crippen LogP contribution in [-0.4, -0.2) is 15.9 Å². The fraction of sp³-hybridized carbons (Fsp3) is 0.357. The van der Waals surface area contributed by atoms with E-state index < -0.39 is 11.6 Å². The second-order valence-electron chi connectivity index (χ2n) is 4.98. The quantitative estimate of drug-likeness (QED) is 0.843. The molecule has 6 heteroatoms. The summed E-state index contributed by atoms with van der Waals surface area (Å²) in [5, 5.41) is 3.72. The van der Waals surface area contributed by atoms with E-state index in [0.29, 0.717) is 11.4 Å². The molecule has 0 spiro atoms. The molecule has 1 aliphatic carbocycles. The lowest BCUT2D eigenvalue weighted by Gasteiger charge is -1.97. The third-order valence-corrected chi connectivity index (χ3v) is 3.15. The summed E-state index contributed by atoms with van der Waals surface area (Å²) in [4.78, 5) is 15.7. The molecular formula is C14H12F2N2O2. The second kappa shape index (κ2) is 5.11. The number of benzene rings is 1. The molecule has 0 radical (unpaired) electrons. The average Bonchev–Trinajstić information content (AvgIpc) is 3.12. The molecule has 104 valence electrons. The van der Waals surface area contributed by atoms with Crippen LogP contribution in [0, 0.1) is 17.6 Å². The maximum atomic E-state index is 13.1. The zero-order valence-corrected chi connectivity index (χ0v) is 10.6. The van der Waals surface area contributed by atoms with Gasteiger partial charge in [0.05, 0.1) is 6.42 Å². The molecule has 0 saturated heterocycles. The third kappa shape index (κ3) is 3.07. The van der Waals surface area contributed by atoms with Crippen LogP contribution in [0.1, 0.15) is 30.1 Å². The number of carbonyl (C=O) groups is 1. The van der Waals surface area contributed by atoms with Gasteiger partial charge in [0.25, 0.3) is 0 Å². The maximum Gasteiger partial charge on any atom is 0.234 e. The molecule has 1 heterocycles. The Labute approximate surface area is 113 Å². The molecule has 0 unspecified atom stereocenters. The second-order valence-corrected chi connectivity index (χ2v) is 4.98. The summed E-state index contributed by atoms with van der Waals surface area (Å²) in [5.41, 5.74) is 0.420. The van der Waals surface area contributed by atoms with Crippen molar-refractivity contribution in [2.75, 3.05) is 0 Å². The monoisotopic (exact) mass is 278 g/mol. The van der Waals surface area contributed by atoms with Crippen molar-refractivity contribution in [3.05, 3.63) is 47.1 Å². The van der Waals surface area contributed by atoms with Crippen LogP contribution in [0.4, 0.5) is 8.78 Å². The fourth-order valence-electron chi connectivity index (χ4n) is 2.03. The van der Waals surface area contributed by atoms with Gasteiger partial charge in [-0.1, -0.05) is 5.16 Å². The van der Waals surface area contributed by atoms with Crippen LogP contribution in [0.3, 0.4) is 0 Å². The SMILES string of the molecule is O=C(Cc1nc(Cc2cc(F)cc(F)c2)no1)C1CC1. The summed E-state index contributed by atoms with van der Waals surface area (Å²) in [5.74, 6) is -0.470. The first-order valence-electron chi connectivity index (χ1n) is 6.39. The molecule has 2 aromatic rings. The highest BCUT2D eigenvalue weighted by Gasteiger charge is 2.30. The number of ketones is 1. The number of carbonyl (C=O) groups excluding carboxylic acids is 1. The Morgan fingerprint density at radius 2 is 1.95 bits per heavy atom. The van der Waals surface area contributed by atoms with Gasteiger partial charge in [0.2, 0.25) is 5.89 Å². The summed E-state index contributed by atoms with van der Waals surface area (Å²) < 4.78 is 31.1. The van der Waals surface area contributed by atoms with Crippen molar-refractivity contribution in [3.8, 4) is 0 Å². The molecule has 0 aliphatic heterocycles. The van der Waals surface area contributed by atoms with E-state index in [1.165, 1.54) is 12.1 Å². The van der Waals surface area contributed by atoms with Crippen LogP contribution < -0.4 is 0 Å². The number of hydrogen-bond acceptors (Lipinski definition) is 4. The van der Waals surface area contributed by atoms with Gasteiger partial charge in [0.15, 0.2) is 5.82 Å². The molecule has 0 N–H and O–H groups in total. The molecular weight excluding hydrogens is 266 g/mol. The third-order valence-electron chi connectivity index (χ3n) is 3.15. The molecule has 0 amide bonds. The van der Waals surface area contributed by atoms with Gasteiger partial charge >= 0.3 is 0 Å². The average molecular weight is 278 g/mol. The Hall–Kier alpha value is -2.11. The molecule has 1 aliphatic rings. The number of rotatable bonds is 5. The van der Waals surface area contributed by atoms with Crippen LogP contribution in [0.15, 0.2) is 22.7 Å². The lowest BCUT2D eigenvalue weighted by molar-refractivity contribution is -0.119. The van der Waals surface area contributed by atoms with Crippen LogP contribution in [0.2, 0.25) is 0 Å². The molecule has 3 rings (SSSR count). The normalized spacial score (nSPS) is 14.5. The Balaban J connectivity index is 1.68. The smallest absolute Gasteiger partial charge is 0.234 e. The number of hydrogen-bond donors (Lipinski definition) is 0. The standard InChI is InChI=1S/C14H12F2N2O2/c15-10-3-8(4-11(16)6-10)5-13-17-14(20-18-13)7-12(19)9-1-2-9/h3-4,6,9H,1-2,5,7H2. The van der Waals surface area contributed by atoms with Gasteiger partial charge in [-0.2, -0.15) is 4.98 Å². The Kier molecular flexibility index (Phi) is 3.30. The van der Waals surface area contributed by atoms with Gasteiger partial charge in [0.1, 0.15) is 17.4 Å². The molecule has 4 nitrogen and oxygen atoms in total. The lowest BCUT2D eigenvalue weighted by Crippen LogP contribution is -2.05. The molecule has 0 bridgehead atoms. The summed E-state index contributed by atoms with van der Waals surface area (Å²) in [6, 6.07) is 3.24. The van der Waals surface area contributed by atoms with Crippen molar-refractivity contribution in [2.24, 2.45) is 5.92 Å². The molecule has 20 heavy (non-hydrogen) atoms. The number of Topliss-reactive ketones (excluding diaryl/α,β-unsaturated/α-hetero) is 1. The summed E-state index contributed by atoms with van der Waals surface area (Å²) in [6.07, 6.45) is 2.16. The maximum absolute atomic E-state index is 13.1. The number of nitrogens with zero attached hydrogens (tertiary/aromatic N) is 2. The predicted octanol–water partition coefficient (Wildman–Crippen LogP) is 2.46. The zero-order valence-electron chi connectivity index (χ0n) is 10.6. The zero-order chi connectivity index (χ0) is 14.1. The van der Waals surface area contributed by atoms with Gasteiger partial charge in [-0.15, -0.1) is 0 Å². The molecule has 1 fully saturated rings. The predicted molar refractivity (Wildman–Crippen MR) is 64.9 cm³/mol. The van der Waals surface area contributed by atoms with Gasteiger partial charge in [0, 0.05) is 18.4 Å². The molecule has 0 atom stereocenters. The highest BCUT2D eigenvalue weighted by molar-refractivity contribution is 5.84. The van der Waals surface area contributed by atoms with Gasteiger partial charge in [-0.05, 0) is 30.5 Å². The van der Waals surface area contributed by atoms with Crippen molar-refractivity contribution in [3.63, 3.8) is 0 Å².